The highest BCUT2D eigenvalue weighted by Crippen LogP contribution is 2.19. The summed E-state index contributed by atoms with van der Waals surface area (Å²) >= 11 is 0. The van der Waals surface area contributed by atoms with E-state index in [1.54, 1.807) is 42.7 Å². The minimum Gasteiger partial charge on any atom is -0.452 e. The van der Waals surface area contributed by atoms with Crippen molar-refractivity contribution in [3.8, 4) is 11.4 Å². The molecule has 1 N–H and O–H groups in total. The van der Waals surface area contributed by atoms with Crippen LogP contribution >= 0.6 is 0 Å². The first-order valence-corrected chi connectivity index (χ1v) is 11.0. The monoisotopic (exact) mass is 450 g/mol. The zero-order chi connectivity index (χ0) is 22.6. The molecule has 0 aliphatic rings. The first-order valence-electron chi connectivity index (χ1n) is 9.50. The zero-order valence-corrected chi connectivity index (χ0v) is 17.7. The average Bonchev–Trinajstić information content (AvgIpc) is 3.27. The molecule has 2 aromatic heterocycles. The molecule has 4 aromatic rings. The fourth-order valence-electron chi connectivity index (χ4n) is 2.85. The summed E-state index contributed by atoms with van der Waals surface area (Å²) in [5.74, 6) is -0.305. The van der Waals surface area contributed by atoms with Crippen molar-refractivity contribution in [2.75, 3.05) is 4.72 Å². The minimum atomic E-state index is -3.89. The first kappa shape index (κ1) is 21.2. The molecule has 0 aliphatic heterocycles. The number of sulfonamides is 1. The number of anilines is 1. The normalized spacial score (nSPS) is 11.2. The van der Waals surface area contributed by atoms with Crippen LogP contribution in [-0.2, 0) is 21.4 Å². The Balaban J connectivity index is 1.44. The number of hydrogen-bond donors (Lipinski definition) is 1. The lowest BCUT2D eigenvalue weighted by Crippen LogP contribution is -2.14. The van der Waals surface area contributed by atoms with Gasteiger partial charge in [-0.1, -0.05) is 23.4 Å². The average molecular weight is 450 g/mol. The third kappa shape index (κ3) is 4.98. The first-order chi connectivity index (χ1) is 15.4. The molecule has 0 atom stereocenters. The van der Waals surface area contributed by atoms with Crippen LogP contribution in [0.5, 0.6) is 0 Å². The Morgan fingerprint density at radius 3 is 2.72 bits per heavy atom. The molecule has 32 heavy (non-hydrogen) atoms. The molecule has 0 spiro atoms. The van der Waals surface area contributed by atoms with Crippen molar-refractivity contribution in [3.05, 3.63) is 90.1 Å². The predicted molar refractivity (Wildman–Crippen MR) is 115 cm³/mol. The molecule has 2 aromatic carbocycles. The molecular weight excluding hydrogens is 432 g/mol. The summed E-state index contributed by atoms with van der Waals surface area (Å²) in [6.07, 6.45) is 3.20. The summed E-state index contributed by atoms with van der Waals surface area (Å²) in [4.78, 5) is 20.5. The number of aryl methyl sites for hydroxylation is 1. The standard InChI is InChI=1S/C22H18N4O5S/c1-15-5-2-8-18(11-15)26-32(28,29)19-9-3-6-16(12-19)22(27)30-14-20-24-21(25-31-20)17-7-4-10-23-13-17/h2-13,26H,14H2,1H3. The lowest BCUT2D eigenvalue weighted by molar-refractivity contribution is 0.0429. The van der Waals surface area contributed by atoms with E-state index in [1.807, 2.05) is 13.0 Å². The Bertz CT molecular complexity index is 1350. The number of rotatable bonds is 7. The smallest absolute Gasteiger partial charge is 0.338 e. The summed E-state index contributed by atoms with van der Waals surface area (Å²) < 4.78 is 38.2. The van der Waals surface area contributed by atoms with Gasteiger partial charge < -0.3 is 9.26 Å². The van der Waals surface area contributed by atoms with Crippen LogP contribution in [0.1, 0.15) is 21.8 Å². The number of pyridine rings is 1. The number of benzene rings is 2. The van der Waals surface area contributed by atoms with Crippen LogP contribution in [0.15, 0.2) is 82.5 Å². The van der Waals surface area contributed by atoms with Gasteiger partial charge >= 0.3 is 5.97 Å². The summed E-state index contributed by atoms with van der Waals surface area (Å²) in [5.41, 5.74) is 2.07. The van der Waals surface area contributed by atoms with Crippen molar-refractivity contribution in [1.82, 2.24) is 15.1 Å². The third-order valence-corrected chi connectivity index (χ3v) is 5.74. The maximum atomic E-state index is 12.7. The quantitative estimate of drug-likeness (QED) is 0.424. The molecule has 0 saturated carbocycles. The SMILES string of the molecule is Cc1cccc(NS(=O)(=O)c2cccc(C(=O)OCc3nc(-c4cccnc4)no3)c2)c1. The van der Waals surface area contributed by atoms with Gasteiger partial charge in [0.1, 0.15) is 0 Å². The van der Waals surface area contributed by atoms with E-state index in [0.29, 0.717) is 17.1 Å². The number of nitrogens with one attached hydrogen (secondary N) is 1. The molecule has 10 heteroatoms. The maximum absolute atomic E-state index is 12.7. The fraction of sp³-hybridized carbons (Fsp3) is 0.0909. The van der Waals surface area contributed by atoms with Gasteiger partial charge in [-0.05, 0) is 55.0 Å². The Morgan fingerprint density at radius 2 is 1.94 bits per heavy atom. The van der Waals surface area contributed by atoms with E-state index in [2.05, 4.69) is 19.8 Å². The van der Waals surface area contributed by atoms with Crippen LogP contribution in [0.3, 0.4) is 0 Å². The van der Waals surface area contributed by atoms with Crippen molar-refractivity contribution in [1.29, 1.82) is 0 Å². The Labute approximate surface area is 184 Å². The lowest BCUT2D eigenvalue weighted by Gasteiger charge is -2.10. The van der Waals surface area contributed by atoms with Crippen LogP contribution < -0.4 is 4.72 Å². The van der Waals surface area contributed by atoms with Gasteiger partial charge in [-0.2, -0.15) is 4.98 Å². The Kier molecular flexibility index (Phi) is 5.95. The van der Waals surface area contributed by atoms with Crippen molar-refractivity contribution < 1.29 is 22.5 Å². The van der Waals surface area contributed by atoms with Gasteiger partial charge in [0.05, 0.1) is 10.5 Å². The van der Waals surface area contributed by atoms with Gasteiger partial charge in [-0.15, -0.1) is 0 Å². The van der Waals surface area contributed by atoms with Crippen molar-refractivity contribution in [2.45, 2.75) is 18.4 Å². The zero-order valence-electron chi connectivity index (χ0n) is 16.9. The molecule has 0 aliphatic carbocycles. The van der Waals surface area contributed by atoms with Gasteiger partial charge in [0.25, 0.3) is 15.9 Å². The molecular formula is C22H18N4O5S. The van der Waals surface area contributed by atoms with Crippen molar-refractivity contribution >= 4 is 21.7 Å². The Hall–Kier alpha value is -4.05. The number of nitrogens with zero attached hydrogens (tertiary/aromatic N) is 3. The summed E-state index contributed by atoms with van der Waals surface area (Å²) in [5, 5.41) is 3.82. The number of aromatic nitrogens is 3. The second kappa shape index (κ2) is 8.98. The van der Waals surface area contributed by atoms with Crippen LogP contribution in [0.2, 0.25) is 0 Å². The van der Waals surface area contributed by atoms with Crippen molar-refractivity contribution in [3.63, 3.8) is 0 Å². The highest BCUT2D eigenvalue weighted by molar-refractivity contribution is 7.92. The van der Waals surface area contributed by atoms with Crippen LogP contribution in [0.25, 0.3) is 11.4 Å². The van der Waals surface area contributed by atoms with Gasteiger partial charge in [0.2, 0.25) is 5.82 Å². The number of hydrogen-bond acceptors (Lipinski definition) is 8. The van der Waals surface area contributed by atoms with Crippen molar-refractivity contribution in [2.24, 2.45) is 0 Å². The number of esters is 1. The molecule has 0 amide bonds. The van der Waals surface area contributed by atoms with E-state index >= 15 is 0 Å². The molecule has 9 nitrogen and oxygen atoms in total. The van der Waals surface area contributed by atoms with E-state index in [0.717, 1.165) is 5.56 Å². The molecule has 0 radical (unpaired) electrons. The van der Waals surface area contributed by atoms with E-state index in [1.165, 1.54) is 24.3 Å². The predicted octanol–water partition coefficient (Wildman–Crippen LogP) is 3.60. The summed E-state index contributed by atoms with van der Waals surface area (Å²) in [6.45, 7) is 1.60. The largest absolute Gasteiger partial charge is 0.452 e. The molecule has 4 rings (SSSR count). The molecule has 0 saturated heterocycles. The van der Waals surface area contributed by atoms with Gasteiger partial charge in [0.15, 0.2) is 6.61 Å². The van der Waals surface area contributed by atoms with Crippen LogP contribution in [0, 0.1) is 6.92 Å². The van der Waals surface area contributed by atoms with E-state index in [-0.39, 0.29) is 23.0 Å². The second-order valence-corrected chi connectivity index (χ2v) is 8.51. The van der Waals surface area contributed by atoms with Gasteiger partial charge in [-0.25, -0.2) is 13.2 Å². The summed E-state index contributed by atoms with van der Waals surface area (Å²) in [6, 6.07) is 16.0. The van der Waals surface area contributed by atoms with Crippen LogP contribution in [-0.4, -0.2) is 29.5 Å². The number of carbonyl (C=O) groups excluding carboxylic acids is 1. The highest BCUT2D eigenvalue weighted by Gasteiger charge is 2.18. The minimum absolute atomic E-state index is 0.0647. The summed E-state index contributed by atoms with van der Waals surface area (Å²) in [7, 11) is -3.89. The topological polar surface area (TPSA) is 124 Å². The highest BCUT2D eigenvalue weighted by atomic mass is 32.2. The van der Waals surface area contributed by atoms with E-state index < -0.39 is 16.0 Å². The van der Waals surface area contributed by atoms with E-state index in [4.69, 9.17) is 9.26 Å². The maximum Gasteiger partial charge on any atom is 0.338 e. The van der Waals surface area contributed by atoms with E-state index in [9.17, 15) is 13.2 Å². The second-order valence-electron chi connectivity index (χ2n) is 6.83. The third-order valence-electron chi connectivity index (χ3n) is 4.36. The molecule has 0 fully saturated rings. The van der Waals surface area contributed by atoms with Crippen LogP contribution in [0.4, 0.5) is 5.69 Å². The van der Waals surface area contributed by atoms with Gasteiger partial charge in [-0.3, -0.25) is 9.71 Å². The molecule has 162 valence electrons. The molecule has 0 bridgehead atoms. The molecule has 2 heterocycles. The lowest BCUT2D eigenvalue weighted by atomic mass is 10.2. The fourth-order valence-corrected chi connectivity index (χ4v) is 3.94. The molecule has 0 unspecified atom stereocenters. The Morgan fingerprint density at radius 1 is 1.09 bits per heavy atom. The number of ether oxygens (including phenoxy) is 1. The number of carbonyl (C=O) groups is 1. The van der Waals surface area contributed by atoms with Gasteiger partial charge in [0, 0.05) is 23.6 Å².